The van der Waals surface area contributed by atoms with Crippen molar-refractivity contribution >= 4 is 21.9 Å². The van der Waals surface area contributed by atoms with Crippen LogP contribution < -0.4 is 5.73 Å². The van der Waals surface area contributed by atoms with Gasteiger partial charge in [-0.05, 0) is 41.9 Å². The van der Waals surface area contributed by atoms with Crippen LogP contribution in [0.3, 0.4) is 0 Å². The van der Waals surface area contributed by atoms with Crippen LogP contribution in [0.5, 0.6) is 0 Å². The van der Waals surface area contributed by atoms with E-state index in [1.54, 1.807) is 26.0 Å². The summed E-state index contributed by atoms with van der Waals surface area (Å²) in [5.74, 6) is -0.642. The Hall–Kier alpha value is -2.20. The molecule has 0 saturated carbocycles. The Morgan fingerprint density at radius 2 is 2.29 bits per heavy atom. The molecular weight excluding hydrogens is 340 g/mol. The third-order valence-corrected chi connectivity index (χ3v) is 3.41. The molecule has 0 saturated heterocycles. The molecule has 0 unspecified atom stereocenters. The first-order valence-corrected chi connectivity index (χ1v) is 6.99. The van der Waals surface area contributed by atoms with E-state index in [-0.39, 0.29) is 23.6 Å². The second-order valence-electron chi connectivity index (χ2n) is 4.26. The SMILES string of the molecule is CCOC(=O)C1=C(C)OC(N)=C(C#N)[C@H]1c1ccc(Br)o1. The third-order valence-electron chi connectivity index (χ3n) is 2.98. The Morgan fingerprint density at radius 1 is 1.57 bits per heavy atom. The van der Waals surface area contributed by atoms with Crippen molar-refractivity contribution in [2.24, 2.45) is 5.73 Å². The maximum absolute atomic E-state index is 12.2. The first kappa shape index (κ1) is 15.2. The molecule has 0 fully saturated rings. The molecule has 0 spiro atoms. The van der Waals surface area contributed by atoms with Crippen molar-refractivity contribution in [3.05, 3.63) is 45.4 Å². The summed E-state index contributed by atoms with van der Waals surface area (Å²) < 4.78 is 16.3. The van der Waals surface area contributed by atoms with Gasteiger partial charge < -0.3 is 19.6 Å². The lowest BCUT2D eigenvalue weighted by Gasteiger charge is -2.25. The summed E-state index contributed by atoms with van der Waals surface area (Å²) in [6.45, 7) is 3.51. The van der Waals surface area contributed by atoms with Gasteiger partial charge in [-0.15, -0.1) is 0 Å². The number of nitrogens with zero attached hydrogens (tertiary/aromatic N) is 1. The number of hydrogen-bond acceptors (Lipinski definition) is 6. The van der Waals surface area contributed by atoms with Crippen LogP contribution in [0.4, 0.5) is 0 Å². The molecule has 1 aliphatic rings. The summed E-state index contributed by atoms with van der Waals surface area (Å²) in [5.41, 5.74) is 6.07. The highest BCUT2D eigenvalue weighted by Gasteiger charge is 2.38. The van der Waals surface area contributed by atoms with Gasteiger partial charge in [-0.3, -0.25) is 0 Å². The third kappa shape index (κ3) is 2.81. The van der Waals surface area contributed by atoms with Gasteiger partial charge in [-0.2, -0.15) is 5.26 Å². The van der Waals surface area contributed by atoms with Crippen LogP contribution in [0.25, 0.3) is 0 Å². The van der Waals surface area contributed by atoms with Crippen LogP contribution in [0.1, 0.15) is 25.5 Å². The standard InChI is InChI=1S/C14H13BrN2O4/c1-3-19-14(18)11-7(2)20-13(17)8(6-16)12(11)9-4-5-10(15)21-9/h4-5,12H,3,17H2,1-2H3/t12-/m0/s1. The molecule has 2 rings (SSSR count). The minimum absolute atomic E-state index is 0.0411. The molecule has 1 aromatic heterocycles. The van der Waals surface area contributed by atoms with E-state index in [2.05, 4.69) is 15.9 Å². The average molecular weight is 353 g/mol. The molecule has 0 radical (unpaired) electrons. The second-order valence-corrected chi connectivity index (χ2v) is 5.04. The van der Waals surface area contributed by atoms with Crippen LogP contribution in [0.15, 0.2) is 44.0 Å². The summed E-state index contributed by atoms with van der Waals surface area (Å²) >= 11 is 3.20. The first-order valence-electron chi connectivity index (χ1n) is 6.20. The Balaban J connectivity index is 2.57. The number of hydrogen-bond donors (Lipinski definition) is 1. The normalized spacial score (nSPS) is 18.3. The summed E-state index contributed by atoms with van der Waals surface area (Å²) in [6, 6.07) is 5.31. The number of nitrogens with two attached hydrogens (primary N) is 1. The van der Waals surface area contributed by atoms with Gasteiger partial charge in [-0.25, -0.2) is 4.79 Å². The Kier molecular flexibility index (Phi) is 4.38. The number of allylic oxidation sites excluding steroid dienone is 2. The fraction of sp³-hybridized carbons (Fsp3) is 0.286. The molecule has 1 aliphatic heterocycles. The molecule has 7 heteroatoms. The van der Waals surface area contributed by atoms with Gasteiger partial charge in [0.2, 0.25) is 5.88 Å². The van der Waals surface area contributed by atoms with E-state index in [1.165, 1.54) is 0 Å². The quantitative estimate of drug-likeness (QED) is 0.839. The van der Waals surface area contributed by atoms with Crippen molar-refractivity contribution < 1.29 is 18.7 Å². The maximum Gasteiger partial charge on any atom is 0.338 e. The largest absolute Gasteiger partial charge is 0.463 e. The lowest BCUT2D eigenvalue weighted by atomic mass is 9.87. The molecule has 21 heavy (non-hydrogen) atoms. The highest BCUT2D eigenvalue weighted by Crippen LogP contribution is 2.40. The van der Waals surface area contributed by atoms with Gasteiger partial charge in [0.1, 0.15) is 23.2 Å². The van der Waals surface area contributed by atoms with Crippen molar-refractivity contribution in [3.8, 4) is 6.07 Å². The number of furan rings is 1. The van der Waals surface area contributed by atoms with Crippen molar-refractivity contribution in [2.75, 3.05) is 6.61 Å². The van der Waals surface area contributed by atoms with Gasteiger partial charge in [0, 0.05) is 0 Å². The number of carbonyl (C=O) groups is 1. The number of esters is 1. The predicted molar refractivity (Wildman–Crippen MR) is 76.4 cm³/mol. The zero-order chi connectivity index (χ0) is 15.6. The smallest absolute Gasteiger partial charge is 0.338 e. The molecular formula is C14H13BrN2O4. The Bertz CT molecular complexity index is 681. The van der Waals surface area contributed by atoms with Gasteiger partial charge in [0.15, 0.2) is 4.67 Å². The van der Waals surface area contributed by atoms with E-state index < -0.39 is 11.9 Å². The molecule has 0 aliphatic carbocycles. The fourth-order valence-corrected chi connectivity index (χ4v) is 2.44. The molecule has 110 valence electrons. The van der Waals surface area contributed by atoms with E-state index in [1.807, 2.05) is 6.07 Å². The lowest BCUT2D eigenvalue weighted by Crippen LogP contribution is -2.25. The number of nitriles is 1. The van der Waals surface area contributed by atoms with Crippen LogP contribution >= 0.6 is 15.9 Å². The molecule has 1 atom stereocenters. The van der Waals surface area contributed by atoms with Gasteiger partial charge >= 0.3 is 5.97 Å². The molecule has 1 aromatic rings. The van der Waals surface area contributed by atoms with Crippen molar-refractivity contribution in [3.63, 3.8) is 0 Å². The Labute approximate surface area is 129 Å². The fourth-order valence-electron chi connectivity index (χ4n) is 2.12. The maximum atomic E-state index is 12.2. The topological polar surface area (TPSA) is 98.5 Å². The summed E-state index contributed by atoms with van der Waals surface area (Å²) in [5, 5.41) is 9.32. The number of halogens is 1. The number of ether oxygens (including phenoxy) is 2. The minimum atomic E-state index is -0.742. The summed E-state index contributed by atoms with van der Waals surface area (Å²) in [4.78, 5) is 12.2. The highest BCUT2D eigenvalue weighted by atomic mass is 79.9. The van der Waals surface area contributed by atoms with Crippen LogP contribution in [0, 0.1) is 11.3 Å². The van der Waals surface area contributed by atoms with E-state index >= 15 is 0 Å². The second kappa shape index (κ2) is 6.06. The van der Waals surface area contributed by atoms with E-state index in [0.717, 1.165) is 0 Å². The van der Waals surface area contributed by atoms with E-state index in [4.69, 9.17) is 19.6 Å². The van der Waals surface area contributed by atoms with Crippen LogP contribution in [0.2, 0.25) is 0 Å². The van der Waals surface area contributed by atoms with Gasteiger partial charge in [0.05, 0.1) is 18.1 Å². The molecule has 2 N–H and O–H groups in total. The van der Waals surface area contributed by atoms with Crippen molar-refractivity contribution in [1.82, 2.24) is 0 Å². The van der Waals surface area contributed by atoms with Crippen LogP contribution in [-0.2, 0) is 14.3 Å². The average Bonchev–Trinajstić information content (AvgIpc) is 2.84. The van der Waals surface area contributed by atoms with E-state index in [9.17, 15) is 10.1 Å². The molecule has 6 nitrogen and oxygen atoms in total. The van der Waals surface area contributed by atoms with Crippen LogP contribution in [-0.4, -0.2) is 12.6 Å². The predicted octanol–water partition coefficient (Wildman–Crippen LogP) is 2.69. The van der Waals surface area contributed by atoms with Crippen molar-refractivity contribution in [2.45, 2.75) is 19.8 Å². The zero-order valence-corrected chi connectivity index (χ0v) is 13.1. The molecule has 2 heterocycles. The number of carbonyl (C=O) groups excluding carboxylic acids is 1. The molecule has 0 amide bonds. The highest BCUT2D eigenvalue weighted by molar-refractivity contribution is 9.10. The first-order chi connectivity index (χ1) is 9.99. The minimum Gasteiger partial charge on any atom is -0.463 e. The number of rotatable bonds is 3. The monoisotopic (exact) mass is 352 g/mol. The van der Waals surface area contributed by atoms with Gasteiger partial charge in [0.25, 0.3) is 0 Å². The molecule has 0 aromatic carbocycles. The zero-order valence-electron chi connectivity index (χ0n) is 11.5. The van der Waals surface area contributed by atoms with Crippen molar-refractivity contribution in [1.29, 1.82) is 5.26 Å². The van der Waals surface area contributed by atoms with E-state index in [0.29, 0.717) is 16.2 Å². The lowest BCUT2D eigenvalue weighted by molar-refractivity contribution is -0.139. The Morgan fingerprint density at radius 3 is 2.81 bits per heavy atom. The summed E-state index contributed by atoms with van der Waals surface area (Å²) in [6.07, 6.45) is 0. The molecule has 0 bridgehead atoms. The van der Waals surface area contributed by atoms with Gasteiger partial charge in [-0.1, -0.05) is 0 Å². The summed E-state index contributed by atoms with van der Waals surface area (Å²) in [7, 11) is 0.